The maximum absolute atomic E-state index is 13.5. The van der Waals surface area contributed by atoms with Gasteiger partial charge in [-0.15, -0.1) is 0 Å². The standard InChI is InChI=1S/C22H26N6O4S/c29-22(25-21-6-8-23-20-7-9-24-28(20)21)18-16-17(33(30,31)27-10-2-1-3-11-27)4-5-19(18)26-12-14-32-15-13-26/h4-9,16H,1-3,10-15H2,(H,25,29). The van der Waals surface area contributed by atoms with Gasteiger partial charge in [-0.05, 0) is 37.1 Å². The number of benzene rings is 1. The molecule has 0 saturated carbocycles. The third-order valence-corrected chi connectivity index (χ3v) is 7.94. The average molecular weight is 471 g/mol. The predicted octanol–water partition coefficient (Wildman–Crippen LogP) is 1.99. The largest absolute Gasteiger partial charge is 0.378 e. The summed E-state index contributed by atoms with van der Waals surface area (Å²) in [7, 11) is -3.68. The summed E-state index contributed by atoms with van der Waals surface area (Å²) in [5, 5.41) is 7.09. The highest BCUT2D eigenvalue weighted by atomic mass is 32.2. The van der Waals surface area contributed by atoms with Gasteiger partial charge in [-0.25, -0.2) is 13.4 Å². The van der Waals surface area contributed by atoms with E-state index in [0.29, 0.717) is 62.1 Å². The van der Waals surface area contributed by atoms with Crippen molar-refractivity contribution in [2.24, 2.45) is 0 Å². The van der Waals surface area contributed by atoms with Crippen LogP contribution in [0, 0.1) is 0 Å². The molecule has 0 unspecified atom stereocenters. The Morgan fingerprint density at radius 1 is 0.970 bits per heavy atom. The number of fused-ring (bicyclic) bond motifs is 1. The van der Waals surface area contributed by atoms with E-state index < -0.39 is 15.9 Å². The number of ether oxygens (including phenoxy) is 1. The molecule has 0 spiro atoms. The number of piperidine rings is 1. The first kappa shape index (κ1) is 21.8. The highest BCUT2D eigenvalue weighted by Gasteiger charge is 2.29. The molecule has 174 valence electrons. The van der Waals surface area contributed by atoms with Gasteiger partial charge in [0.15, 0.2) is 5.65 Å². The average Bonchev–Trinajstić information content (AvgIpc) is 3.35. The van der Waals surface area contributed by atoms with Gasteiger partial charge in [0.1, 0.15) is 5.82 Å². The number of aromatic nitrogens is 3. The van der Waals surface area contributed by atoms with E-state index in [-0.39, 0.29) is 4.90 Å². The van der Waals surface area contributed by atoms with Gasteiger partial charge in [-0.3, -0.25) is 4.79 Å². The molecule has 1 N–H and O–H groups in total. The first-order valence-electron chi connectivity index (χ1n) is 11.1. The Balaban J connectivity index is 1.53. The molecule has 3 aromatic rings. The van der Waals surface area contributed by atoms with Gasteiger partial charge in [0.05, 0.1) is 29.9 Å². The molecule has 0 atom stereocenters. The van der Waals surface area contributed by atoms with E-state index in [1.165, 1.54) is 14.9 Å². The molecule has 0 aliphatic carbocycles. The monoisotopic (exact) mass is 470 g/mol. The van der Waals surface area contributed by atoms with Gasteiger partial charge >= 0.3 is 0 Å². The molecule has 10 nitrogen and oxygen atoms in total. The fraction of sp³-hybridized carbons (Fsp3) is 0.409. The van der Waals surface area contributed by atoms with Gasteiger partial charge in [-0.2, -0.15) is 13.9 Å². The SMILES string of the molecule is O=C(Nc1ccnc2ccnn12)c1cc(S(=O)(=O)N2CCCCC2)ccc1N1CCOCC1. The van der Waals surface area contributed by atoms with Gasteiger partial charge in [-0.1, -0.05) is 6.42 Å². The van der Waals surface area contributed by atoms with E-state index >= 15 is 0 Å². The topological polar surface area (TPSA) is 109 Å². The second-order valence-corrected chi connectivity index (χ2v) is 10.1. The fourth-order valence-corrected chi connectivity index (χ4v) is 5.85. The number of carbonyl (C=O) groups excluding carboxylic acids is 1. The number of nitrogens with one attached hydrogen (secondary N) is 1. The Labute approximate surface area is 192 Å². The molecule has 4 heterocycles. The van der Waals surface area contributed by atoms with Crippen molar-refractivity contribution in [2.75, 3.05) is 49.6 Å². The van der Waals surface area contributed by atoms with Crippen LogP contribution in [0.3, 0.4) is 0 Å². The highest BCUT2D eigenvalue weighted by molar-refractivity contribution is 7.89. The lowest BCUT2D eigenvalue weighted by atomic mass is 10.1. The van der Waals surface area contributed by atoms with Crippen molar-refractivity contribution in [2.45, 2.75) is 24.2 Å². The van der Waals surface area contributed by atoms with Crippen molar-refractivity contribution in [1.29, 1.82) is 0 Å². The van der Waals surface area contributed by atoms with E-state index in [1.54, 1.807) is 36.7 Å². The molecule has 2 aliphatic heterocycles. The Bertz CT molecular complexity index is 1260. The lowest BCUT2D eigenvalue weighted by Crippen LogP contribution is -2.38. The molecule has 1 aromatic carbocycles. The summed E-state index contributed by atoms with van der Waals surface area (Å²) in [6.45, 7) is 3.35. The quantitative estimate of drug-likeness (QED) is 0.607. The minimum absolute atomic E-state index is 0.130. The number of hydrogen-bond acceptors (Lipinski definition) is 7. The Morgan fingerprint density at radius 2 is 1.76 bits per heavy atom. The number of sulfonamides is 1. The van der Waals surface area contributed by atoms with E-state index in [2.05, 4.69) is 15.4 Å². The number of amides is 1. The van der Waals surface area contributed by atoms with Crippen LogP contribution in [0.5, 0.6) is 0 Å². The molecular formula is C22H26N6O4S. The van der Waals surface area contributed by atoms with Crippen molar-refractivity contribution in [3.05, 3.63) is 48.3 Å². The number of carbonyl (C=O) groups is 1. The molecule has 33 heavy (non-hydrogen) atoms. The van der Waals surface area contributed by atoms with Crippen LogP contribution in [0.1, 0.15) is 29.6 Å². The van der Waals surface area contributed by atoms with Crippen LogP contribution in [-0.2, 0) is 14.8 Å². The Morgan fingerprint density at radius 3 is 2.55 bits per heavy atom. The summed E-state index contributed by atoms with van der Waals surface area (Å²) in [5.74, 6) is 0.0439. The molecular weight excluding hydrogens is 444 g/mol. The summed E-state index contributed by atoms with van der Waals surface area (Å²) < 4.78 is 35.1. The minimum Gasteiger partial charge on any atom is -0.378 e. The third-order valence-electron chi connectivity index (χ3n) is 6.05. The zero-order valence-electron chi connectivity index (χ0n) is 18.2. The van der Waals surface area contributed by atoms with E-state index in [0.717, 1.165) is 19.3 Å². The molecule has 2 aliphatic rings. The smallest absolute Gasteiger partial charge is 0.258 e. The molecule has 1 amide bonds. The van der Waals surface area contributed by atoms with Gasteiger partial charge < -0.3 is 15.0 Å². The van der Waals surface area contributed by atoms with Crippen LogP contribution < -0.4 is 10.2 Å². The second-order valence-electron chi connectivity index (χ2n) is 8.13. The lowest BCUT2D eigenvalue weighted by Gasteiger charge is -2.31. The van der Waals surface area contributed by atoms with Crippen molar-refractivity contribution in [3.8, 4) is 0 Å². The van der Waals surface area contributed by atoms with Crippen LogP contribution in [0.25, 0.3) is 5.65 Å². The zero-order chi connectivity index (χ0) is 22.8. The number of rotatable bonds is 5. The summed E-state index contributed by atoms with van der Waals surface area (Å²) in [6, 6.07) is 8.21. The van der Waals surface area contributed by atoms with Crippen molar-refractivity contribution < 1.29 is 17.9 Å². The summed E-state index contributed by atoms with van der Waals surface area (Å²) in [6.07, 6.45) is 5.92. The number of morpholine rings is 1. The summed E-state index contributed by atoms with van der Waals surface area (Å²) >= 11 is 0. The summed E-state index contributed by atoms with van der Waals surface area (Å²) in [4.78, 5) is 19.9. The lowest BCUT2D eigenvalue weighted by molar-refractivity contribution is 0.102. The van der Waals surface area contributed by atoms with Gasteiger partial charge in [0.2, 0.25) is 10.0 Å². The fourth-order valence-electron chi connectivity index (χ4n) is 4.30. The number of hydrogen-bond donors (Lipinski definition) is 1. The van der Waals surface area contributed by atoms with Gasteiger partial charge in [0.25, 0.3) is 5.91 Å². The van der Waals surface area contributed by atoms with Crippen LogP contribution >= 0.6 is 0 Å². The Hall–Kier alpha value is -3.02. The molecule has 2 fully saturated rings. The van der Waals surface area contributed by atoms with Crippen LogP contribution in [0.15, 0.2) is 47.6 Å². The van der Waals surface area contributed by atoms with Crippen LogP contribution in [0.4, 0.5) is 11.5 Å². The highest BCUT2D eigenvalue weighted by Crippen LogP contribution is 2.29. The molecule has 5 rings (SSSR count). The number of nitrogens with zero attached hydrogens (tertiary/aromatic N) is 5. The first-order chi connectivity index (χ1) is 16.0. The van der Waals surface area contributed by atoms with Gasteiger partial charge in [0, 0.05) is 44.1 Å². The number of anilines is 2. The maximum Gasteiger partial charge on any atom is 0.258 e. The molecule has 11 heteroatoms. The molecule has 0 radical (unpaired) electrons. The predicted molar refractivity (Wildman–Crippen MR) is 123 cm³/mol. The molecule has 2 aromatic heterocycles. The van der Waals surface area contributed by atoms with Crippen molar-refractivity contribution in [1.82, 2.24) is 18.9 Å². The normalized spacial score (nSPS) is 17.9. The first-order valence-corrected chi connectivity index (χ1v) is 12.5. The zero-order valence-corrected chi connectivity index (χ0v) is 19.0. The van der Waals surface area contributed by atoms with Crippen LogP contribution in [0.2, 0.25) is 0 Å². The maximum atomic E-state index is 13.5. The van der Waals surface area contributed by atoms with Crippen molar-refractivity contribution in [3.63, 3.8) is 0 Å². The third kappa shape index (κ3) is 4.31. The van der Waals surface area contributed by atoms with E-state index in [9.17, 15) is 13.2 Å². The van der Waals surface area contributed by atoms with Crippen molar-refractivity contribution >= 4 is 33.1 Å². The van der Waals surface area contributed by atoms with E-state index in [1.807, 2.05) is 4.90 Å². The Kier molecular flexibility index (Phi) is 6.00. The van der Waals surface area contributed by atoms with E-state index in [4.69, 9.17) is 4.74 Å². The minimum atomic E-state index is -3.68. The molecule has 2 saturated heterocycles. The van der Waals surface area contributed by atoms with Crippen LogP contribution in [-0.4, -0.2) is 72.6 Å². The molecule has 0 bridgehead atoms. The summed E-state index contributed by atoms with van der Waals surface area (Å²) in [5.41, 5.74) is 1.58. The second kappa shape index (κ2) is 9.08.